The van der Waals surface area contributed by atoms with Crippen LogP contribution in [0, 0.1) is 0 Å². The van der Waals surface area contributed by atoms with Crippen molar-refractivity contribution < 1.29 is 18.8 Å². The predicted octanol–water partition coefficient (Wildman–Crippen LogP) is 1.19. The standard InChI is InChI=1S/C16H20N4O4/c1-22-15-13(16(21)23-2)3-4-14(17-15)20-8-6-19(7-9-20)11-12-5-10-24-18-12/h3-5,10H,6-9,11H2,1-2H3. The number of aromatic nitrogens is 2. The molecule has 8 nitrogen and oxygen atoms in total. The summed E-state index contributed by atoms with van der Waals surface area (Å²) >= 11 is 0. The molecule has 0 radical (unpaired) electrons. The largest absolute Gasteiger partial charge is 0.480 e. The lowest BCUT2D eigenvalue weighted by Crippen LogP contribution is -2.46. The molecule has 8 heteroatoms. The number of carbonyl (C=O) groups excluding carboxylic acids is 1. The fourth-order valence-corrected chi connectivity index (χ4v) is 2.71. The molecule has 0 aliphatic carbocycles. The number of esters is 1. The van der Waals surface area contributed by atoms with Crippen molar-refractivity contribution in [3.05, 3.63) is 35.7 Å². The molecule has 0 N–H and O–H groups in total. The molecule has 0 atom stereocenters. The van der Waals surface area contributed by atoms with Gasteiger partial charge in [-0.3, -0.25) is 4.90 Å². The normalized spacial score (nSPS) is 15.3. The molecule has 0 amide bonds. The second-order valence-electron chi connectivity index (χ2n) is 5.47. The quantitative estimate of drug-likeness (QED) is 0.755. The van der Waals surface area contributed by atoms with E-state index in [4.69, 9.17) is 14.0 Å². The van der Waals surface area contributed by atoms with Crippen LogP contribution in [0.5, 0.6) is 5.88 Å². The molecule has 1 saturated heterocycles. The summed E-state index contributed by atoms with van der Waals surface area (Å²) < 4.78 is 14.8. The van der Waals surface area contributed by atoms with Crippen LogP contribution in [0.3, 0.4) is 0 Å². The summed E-state index contributed by atoms with van der Waals surface area (Å²) in [4.78, 5) is 20.6. The lowest BCUT2D eigenvalue weighted by atomic mass is 10.2. The molecule has 24 heavy (non-hydrogen) atoms. The number of hydrogen-bond acceptors (Lipinski definition) is 8. The third-order valence-corrected chi connectivity index (χ3v) is 4.02. The van der Waals surface area contributed by atoms with E-state index in [2.05, 4.69) is 19.9 Å². The topological polar surface area (TPSA) is 80.9 Å². The third-order valence-electron chi connectivity index (χ3n) is 4.02. The van der Waals surface area contributed by atoms with Crippen molar-refractivity contribution in [3.63, 3.8) is 0 Å². The van der Waals surface area contributed by atoms with Gasteiger partial charge in [-0.2, -0.15) is 4.98 Å². The van der Waals surface area contributed by atoms with Gasteiger partial charge in [0.05, 0.1) is 19.9 Å². The number of anilines is 1. The number of piperazine rings is 1. The molecular formula is C16H20N4O4. The molecular weight excluding hydrogens is 312 g/mol. The third kappa shape index (κ3) is 3.48. The van der Waals surface area contributed by atoms with Gasteiger partial charge in [-0.05, 0) is 12.1 Å². The monoisotopic (exact) mass is 332 g/mol. The summed E-state index contributed by atoms with van der Waals surface area (Å²) in [6.07, 6.45) is 1.59. The minimum atomic E-state index is -0.455. The lowest BCUT2D eigenvalue weighted by molar-refractivity contribution is 0.0596. The molecule has 3 rings (SSSR count). The molecule has 1 aliphatic rings. The Bertz CT molecular complexity index is 681. The van der Waals surface area contributed by atoms with Crippen LogP contribution in [0.25, 0.3) is 0 Å². The van der Waals surface area contributed by atoms with Crippen molar-refractivity contribution >= 4 is 11.8 Å². The van der Waals surface area contributed by atoms with E-state index in [0.29, 0.717) is 5.56 Å². The average Bonchev–Trinajstić information content (AvgIpc) is 3.14. The highest BCUT2D eigenvalue weighted by molar-refractivity contribution is 5.92. The second-order valence-corrected chi connectivity index (χ2v) is 5.47. The summed E-state index contributed by atoms with van der Waals surface area (Å²) in [5.41, 5.74) is 1.26. The molecule has 1 aliphatic heterocycles. The maximum absolute atomic E-state index is 11.7. The molecule has 0 bridgehead atoms. The van der Waals surface area contributed by atoms with Gasteiger partial charge < -0.3 is 18.9 Å². The summed E-state index contributed by atoms with van der Waals surface area (Å²) in [7, 11) is 2.83. The van der Waals surface area contributed by atoms with Crippen LogP contribution >= 0.6 is 0 Å². The summed E-state index contributed by atoms with van der Waals surface area (Å²) in [5.74, 6) is 0.619. The molecule has 2 aromatic heterocycles. The van der Waals surface area contributed by atoms with Gasteiger partial charge in [-0.15, -0.1) is 0 Å². The van der Waals surface area contributed by atoms with Gasteiger partial charge in [0.25, 0.3) is 0 Å². The second kappa shape index (κ2) is 7.31. The van der Waals surface area contributed by atoms with Crippen molar-refractivity contribution in [2.45, 2.75) is 6.54 Å². The minimum absolute atomic E-state index is 0.282. The molecule has 0 unspecified atom stereocenters. The Balaban J connectivity index is 1.64. The number of nitrogens with zero attached hydrogens (tertiary/aromatic N) is 4. The number of carbonyl (C=O) groups is 1. The smallest absolute Gasteiger partial charge is 0.343 e. The number of hydrogen-bond donors (Lipinski definition) is 0. The zero-order valence-corrected chi connectivity index (χ0v) is 13.8. The number of methoxy groups -OCH3 is 2. The average molecular weight is 332 g/mol. The number of rotatable bonds is 5. The van der Waals surface area contributed by atoms with E-state index in [0.717, 1.165) is 44.2 Å². The van der Waals surface area contributed by atoms with Gasteiger partial charge in [0.15, 0.2) is 0 Å². The van der Waals surface area contributed by atoms with Crippen LogP contribution in [-0.4, -0.2) is 61.4 Å². The Hall–Kier alpha value is -2.61. The SMILES string of the molecule is COC(=O)c1ccc(N2CCN(Cc3ccon3)CC2)nc1OC. The Morgan fingerprint density at radius 2 is 2.00 bits per heavy atom. The Morgan fingerprint density at radius 3 is 2.62 bits per heavy atom. The molecule has 2 aromatic rings. The van der Waals surface area contributed by atoms with E-state index >= 15 is 0 Å². The van der Waals surface area contributed by atoms with E-state index in [1.807, 2.05) is 12.1 Å². The van der Waals surface area contributed by atoms with Gasteiger partial charge in [0, 0.05) is 38.8 Å². The fraction of sp³-hybridized carbons (Fsp3) is 0.438. The first-order chi connectivity index (χ1) is 11.7. The highest BCUT2D eigenvalue weighted by Gasteiger charge is 2.21. The highest BCUT2D eigenvalue weighted by Crippen LogP contribution is 2.23. The number of pyridine rings is 1. The van der Waals surface area contributed by atoms with Crippen LogP contribution in [0.1, 0.15) is 16.1 Å². The fourth-order valence-electron chi connectivity index (χ4n) is 2.71. The first kappa shape index (κ1) is 16.3. The van der Waals surface area contributed by atoms with Gasteiger partial charge in [0.2, 0.25) is 5.88 Å². The van der Waals surface area contributed by atoms with E-state index in [1.165, 1.54) is 14.2 Å². The molecule has 0 aromatic carbocycles. The highest BCUT2D eigenvalue weighted by atomic mass is 16.5. The number of ether oxygens (including phenoxy) is 2. The van der Waals surface area contributed by atoms with Gasteiger partial charge in [0.1, 0.15) is 17.6 Å². The molecule has 0 saturated carbocycles. The summed E-state index contributed by atoms with van der Waals surface area (Å²) in [6, 6.07) is 5.39. The Kier molecular flexibility index (Phi) is 4.95. The van der Waals surface area contributed by atoms with Crippen LogP contribution in [0.4, 0.5) is 5.82 Å². The Labute approximate surface area is 139 Å². The van der Waals surface area contributed by atoms with Crippen LogP contribution in [0.15, 0.2) is 29.0 Å². The summed E-state index contributed by atoms with van der Waals surface area (Å²) in [6.45, 7) is 4.25. The van der Waals surface area contributed by atoms with Crippen molar-refractivity contribution in [1.82, 2.24) is 15.0 Å². The minimum Gasteiger partial charge on any atom is -0.480 e. The van der Waals surface area contributed by atoms with Crippen molar-refractivity contribution in [2.75, 3.05) is 45.3 Å². The van der Waals surface area contributed by atoms with Gasteiger partial charge in [-0.25, -0.2) is 4.79 Å². The van der Waals surface area contributed by atoms with Crippen molar-refractivity contribution in [2.24, 2.45) is 0 Å². The lowest BCUT2D eigenvalue weighted by Gasteiger charge is -2.35. The zero-order chi connectivity index (χ0) is 16.9. The Morgan fingerprint density at radius 1 is 1.21 bits per heavy atom. The van der Waals surface area contributed by atoms with E-state index < -0.39 is 5.97 Å². The van der Waals surface area contributed by atoms with Crippen LogP contribution < -0.4 is 9.64 Å². The van der Waals surface area contributed by atoms with Crippen LogP contribution in [0.2, 0.25) is 0 Å². The van der Waals surface area contributed by atoms with Gasteiger partial charge in [-0.1, -0.05) is 5.16 Å². The first-order valence-corrected chi connectivity index (χ1v) is 7.71. The maximum atomic E-state index is 11.7. The first-order valence-electron chi connectivity index (χ1n) is 7.71. The predicted molar refractivity (Wildman–Crippen MR) is 86.1 cm³/mol. The summed E-state index contributed by atoms with van der Waals surface area (Å²) in [5, 5.41) is 3.94. The van der Waals surface area contributed by atoms with Gasteiger partial charge >= 0.3 is 5.97 Å². The van der Waals surface area contributed by atoms with E-state index in [1.54, 1.807) is 12.3 Å². The van der Waals surface area contributed by atoms with Crippen molar-refractivity contribution in [3.8, 4) is 5.88 Å². The molecule has 128 valence electrons. The molecule has 3 heterocycles. The van der Waals surface area contributed by atoms with E-state index in [-0.39, 0.29) is 5.88 Å². The molecule has 0 spiro atoms. The maximum Gasteiger partial charge on any atom is 0.343 e. The van der Waals surface area contributed by atoms with E-state index in [9.17, 15) is 4.79 Å². The van der Waals surface area contributed by atoms with Crippen molar-refractivity contribution in [1.29, 1.82) is 0 Å². The molecule has 1 fully saturated rings. The van der Waals surface area contributed by atoms with Crippen LogP contribution in [-0.2, 0) is 11.3 Å². The zero-order valence-electron chi connectivity index (χ0n) is 13.8.